The van der Waals surface area contributed by atoms with Crippen molar-refractivity contribution in [2.75, 3.05) is 33.2 Å². The number of carbonyl (C=O) groups is 1. The molecule has 1 fully saturated rings. The fourth-order valence-corrected chi connectivity index (χ4v) is 3.88. The predicted octanol–water partition coefficient (Wildman–Crippen LogP) is 0.417. The number of amides is 1. The number of aliphatic imine (C=N–C) groups is 1. The number of likely N-dealkylation sites (tertiary alicyclic amines) is 1. The van der Waals surface area contributed by atoms with Gasteiger partial charge in [-0.15, -0.1) is 11.3 Å². The Bertz CT molecular complexity index is 577. The van der Waals surface area contributed by atoms with Gasteiger partial charge in [0, 0.05) is 44.0 Å². The molecule has 2 rings (SSSR count). The molecular weight excluding hydrogens is 324 g/mol. The van der Waals surface area contributed by atoms with Gasteiger partial charge in [-0.1, -0.05) is 0 Å². The van der Waals surface area contributed by atoms with Gasteiger partial charge in [0.25, 0.3) is 0 Å². The number of nitrogens with one attached hydrogen (secondary N) is 2. The van der Waals surface area contributed by atoms with Crippen molar-refractivity contribution >= 4 is 23.2 Å². The first-order valence-corrected chi connectivity index (χ1v) is 9.20. The summed E-state index contributed by atoms with van der Waals surface area (Å²) in [5, 5.41) is 7.96. The molecule has 134 valence electrons. The highest BCUT2D eigenvalue weighted by Gasteiger charge is 2.20. The number of aryl methyl sites for hydroxylation is 2. The number of nitrogens with zero attached hydrogens (tertiary/aromatic N) is 3. The molecule has 1 aliphatic rings. The molecule has 1 aliphatic heterocycles. The Hall–Kier alpha value is -1.67. The third-order valence-electron chi connectivity index (χ3n) is 4.18. The summed E-state index contributed by atoms with van der Waals surface area (Å²) in [6, 6.07) is 0.382. The van der Waals surface area contributed by atoms with Crippen LogP contribution in [0.1, 0.15) is 28.4 Å². The fourth-order valence-electron chi connectivity index (χ4n) is 2.94. The molecule has 0 aromatic carbocycles. The Labute approximate surface area is 147 Å². The van der Waals surface area contributed by atoms with Gasteiger partial charge in [-0.3, -0.25) is 14.7 Å². The fraction of sp³-hybridized carbons (Fsp3) is 0.688. The van der Waals surface area contributed by atoms with Gasteiger partial charge >= 0.3 is 0 Å². The number of nitrogens with two attached hydrogens (primary N) is 1. The summed E-state index contributed by atoms with van der Waals surface area (Å²) in [6.07, 6.45) is 2.93. The molecule has 1 aromatic rings. The summed E-state index contributed by atoms with van der Waals surface area (Å²) in [5.74, 6) is 0.578. The van der Waals surface area contributed by atoms with E-state index in [0.717, 1.165) is 55.6 Å². The van der Waals surface area contributed by atoms with E-state index in [0.29, 0.717) is 12.6 Å². The summed E-state index contributed by atoms with van der Waals surface area (Å²) < 4.78 is 0. The molecule has 0 unspecified atom stereocenters. The molecule has 8 heteroatoms. The van der Waals surface area contributed by atoms with Crippen molar-refractivity contribution in [1.29, 1.82) is 0 Å². The Balaban J connectivity index is 1.71. The van der Waals surface area contributed by atoms with Crippen LogP contribution in [0.25, 0.3) is 0 Å². The predicted molar refractivity (Wildman–Crippen MR) is 98.4 cm³/mol. The summed E-state index contributed by atoms with van der Waals surface area (Å²) in [4.78, 5) is 23.2. The molecule has 0 radical (unpaired) electrons. The van der Waals surface area contributed by atoms with Crippen LogP contribution in [0.15, 0.2) is 4.99 Å². The van der Waals surface area contributed by atoms with Gasteiger partial charge in [-0.05, 0) is 26.7 Å². The van der Waals surface area contributed by atoms with E-state index < -0.39 is 0 Å². The molecule has 4 N–H and O–H groups in total. The highest BCUT2D eigenvalue weighted by Crippen LogP contribution is 2.17. The van der Waals surface area contributed by atoms with E-state index in [-0.39, 0.29) is 5.91 Å². The minimum absolute atomic E-state index is 0.257. The lowest BCUT2D eigenvalue weighted by Crippen LogP contribution is -2.50. The first-order valence-electron chi connectivity index (χ1n) is 8.38. The second-order valence-electron chi connectivity index (χ2n) is 6.15. The van der Waals surface area contributed by atoms with Crippen LogP contribution in [0.3, 0.4) is 0 Å². The zero-order valence-electron chi connectivity index (χ0n) is 14.8. The zero-order valence-corrected chi connectivity index (χ0v) is 15.6. The van der Waals surface area contributed by atoms with Crippen LogP contribution < -0.4 is 16.4 Å². The van der Waals surface area contributed by atoms with E-state index in [1.54, 1.807) is 18.4 Å². The number of aromatic nitrogens is 1. The summed E-state index contributed by atoms with van der Waals surface area (Å²) in [7, 11) is 1.79. The van der Waals surface area contributed by atoms with Crippen molar-refractivity contribution in [1.82, 2.24) is 20.5 Å². The monoisotopic (exact) mass is 352 g/mol. The summed E-state index contributed by atoms with van der Waals surface area (Å²) in [6.45, 7) is 7.06. The molecule has 7 nitrogen and oxygen atoms in total. The van der Waals surface area contributed by atoms with Gasteiger partial charge < -0.3 is 16.4 Å². The highest BCUT2D eigenvalue weighted by atomic mass is 32.1. The molecule has 1 saturated heterocycles. The van der Waals surface area contributed by atoms with E-state index in [1.807, 2.05) is 6.92 Å². The van der Waals surface area contributed by atoms with Gasteiger partial charge in [0.15, 0.2) is 5.96 Å². The quantitative estimate of drug-likeness (QED) is 0.509. The number of piperidine rings is 1. The number of rotatable bonds is 6. The minimum Gasteiger partial charge on any atom is -0.369 e. The van der Waals surface area contributed by atoms with Crippen LogP contribution in [0, 0.1) is 13.8 Å². The maximum atomic E-state index is 11.0. The van der Waals surface area contributed by atoms with E-state index >= 15 is 0 Å². The third kappa shape index (κ3) is 5.76. The van der Waals surface area contributed by atoms with Crippen LogP contribution >= 0.6 is 11.3 Å². The van der Waals surface area contributed by atoms with Crippen LogP contribution in [0.2, 0.25) is 0 Å². The molecule has 2 heterocycles. The largest absolute Gasteiger partial charge is 0.369 e. The lowest BCUT2D eigenvalue weighted by molar-refractivity contribution is -0.119. The zero-order chi connectivity index (χ0) is 17.5. The number of guanidine groups is 1. The van der Waals surface area contributed by atoms with Crippen molar-refractivity contribution in [3.63, 3.8) is 0 Å². The van der Waals surface area contributed by atoms with Gasteiger partial charge in [-0.2, -0.15) is 0 Å². The molecule has 0 saturated carbocycles. The average molecular weight is 353 g/mol. The van der Waals surface area contributed by atoms with Crippen LogP contribution in [-0.2, 0) is 11.2 Å². The van der Waals surface area contributed by atoms with E-state index in [9.17, 15) is 4.79 Å². The van der Waals surface area contributed by atoms with Gasteiger partial charge in [0.1, 0.15) is 0 Å². The lowest BCUT2D eigenvalue weighted by atomic mass is 10.1. The molecule has 0 bridgehead atoms. The molecular formula is C16H28N6OS. The number of thiazole rings is 1. The van der Waals surface area contributed by atoms with Crippen LogP contribution in [-0.4, -0.2) is 61.0 Å². The smallest absolute Gasteiger partial charge is 0.231 e. The van der Waals surface area contributed by atoms with E-state index in [4.69, 9.17) is 5.73 Å². The van der Waals surface area contributed by atoms with Gasteiger partial charge in [0.2, 0.25) is 5.91 Å². The number of carbonyl (C=O) groups excluding carboxylic acids is 1. The molecule has 24 heavy (non-hydrogen) atoms. The standard InChI is InChI=1S/C16H28N6OS/c1-11-14(24-12(2)20-11)4-7-19-16(18-3)21-13-5-8-22(9-6-13)10-15(17)23/h13H,4-10H2,1-3H3,(H2,17,23)(H2,18,19,21). The summed E-state index contributed by atoms with van der Waals surface area (Å²) in [5.41, 5.74) is 6.37. The molecule has 0 atom stereocenters. The topological polar surface area (TPSA) is 95.6 Å². The Kier molecular flexibility index (Phi) is 6.99. The molecule has 1 aromatic heterocycles. The van der Waals surface area contributed by atoms with Crippen molar-refractivity contribution in [3.05, 3.63) is 15.6 Å². The normalized spacial score (nSPS) is 17.0. The number of hydrogen-bond donors (Lipinski definition) is 3. The van der Waals surface area contributed by atoms with Crippen molar-refractivity contribution < 1.29 is 4.79 Å². The third-order valence-corrected chi connectivity index (χ3v) is 5.31. The van der Waals surface area contributed by atoms with Crippen molar-refractivity contribution in [3.8, 4) is 0 Å². The first-order chi connectivity index (χ1) is 11.5. The highest BCUT2D eigenvalue weighted by molar-refractivity contribution is 7.11. The first kappa shape index (κ1) is 18.7. The molecule has 1 amide bonds. The van der Waals surface area contributed by atoms with Crippen LogP contribution in [0.4, 0.5) is 0 Å². The number of primary amides is 1. The second-order valence-corrected chi connectivity index (χ2v) is 7.44. The maximum absolute atomic E-state index is 11.0. The minimum atomic E-state index is -0.257. The Morgan fingerprint density at radius 2 is 2.12 bits per heavy atom. The van der Waals surface area contributed by atoms with Gasteiger partial charge in [0.05, 0.1) is 17.2 Å². The molecule has 0 aliphatic carbocycles. The van der Waals surface area contributed by atoms with Crippen molar-refractivity contribution in [2.45, 2.75) is 39.2 Å². The summed E-state index contributed by atoms with van der Waals surface area (Å²) >= 11 is 1.76. The second kappa shape index (κ2) is 8.98. The Morgan fingerprint density at radius 1 is 1.42 bits per heavy atom. The van der Waals surface area contributed by atoms with Gasteiger partial charge in [-0.25, -0.2) is 4.98 Å². The van der Waals surface area contributed by atoms with E-state index in [2.05, 4.69) is 32.4 Å². The van der Waals surface area contributed by atoms with Crippen molar-refractivity contribution in [2.24, 2.45) is 10.7 Å². The van der Waals surface area contributed by atoms with E-state index in [1.165, 1.54) is 4.88 Å². The Morgan fingerprint density at radius 3 is 2.67 bits per heavy atom. The number of hydrogen-bond acceptors (Lipinski definition) is 5. The average Bonchev–Trinajstić information content (AvgIpc) is 2.85. The van der Waals surface area contributed by atoms with Crippen LogP contribution in [0.5, 0.6) is 0 Å². The lowest BCUT2D eigenvalue weighted by Gasteiger charge is -2.32. The SMILES string of the molecule is CN=C(NCCc1sc(C)nc1C)NC1CCN(CC(N)=O)CC1. The maximum Gasteiger partial charge on any atom is 0.231 e. The molecule has 0 spiro atoms.